The fraction of sp³-hybridized carbons (Fsp3) is 0.444. The van der Waals surface area contributed by atoms with Gasteiger partial charge >= 0.3 is 5.97 Å². The van der Waals surface area contributed by atoms with E-state index in [0.29, 0.717) is 12.0 Å². The second kappa shape index (κ2) is 5.55. The van der Waals surface area contributed by atoms with Crippen molar-refractivity contribution in [2.45, 2.75) is 26.4 Å². The Morgan fingerprint density at radius 3 is 2.58 bits per heavy atom. The van der Waals surface area contributed by atoms with Gasteiger partial charge in [0.15, 0.2) is 0 Å². The number of carbonyl (C=O) groups is 1. The Hall–Kier alpha value is -1.09. The van der Waals surface area contributed by atoms with Crippen LogP contribution in [0.2, 0.25) is 0 Å². The summed E-state index contributed by atoms with van der Waals surface area (Å²) in [5, 5.41) is 17.6. The first-order valence-electron chi connectivity index (χ1n) is 3.77. The molecule has 0 radical (unpaired) electrons. The Balaban J connectivity index is 3.99. The number of aliphatic hydroxyl groups is 1. The van der Waals surface area contributed by atoms with E-state index in [-0.39, 0.29) is 0 Å². The second-order valence-corrected chi connectivity index (χ2v) is 2.63. The van der Waals surface area contributed by atoms with E-state index < -0.39 is 12.1 Å². The molecule has 1 atom stereocenters. The first-order valence-corrected chi connectivity index (χ1v) is 3.77. The third-order valence-corrected chi connectivity index (χ3v) is 1.32. The first-order chi connectivity index (χ1) is 5.56. The number of carboxylic acids is 1. The van der Waals surface area contributed by atoms with E-state index in [2.05, 4.69) is 0 Å². The van der Waals surface area contributed by atoms with E-state index in [4.69, 9.17) is 5.11 Å². The number of allylic oxidation sites excluding steroid dienone is 1. The van der Waals surface area contributed by atoms with Crippen LogP contribution in [-0.2, 0) is 4.79 Å². The van der Waals surface area contributed by atoms with Crippen LogP contribution in [-0.4, -0.2) is 22.3 Å². The predicted molar refractivity (Wildman–Crippen MR) is 46.8 cm³/mol. The minimum absolute atomic E-state index is 0.372. The molecule has 0 aliphatic heterocycles. The standard InChI is InChI=1S/C9H14O3/c1-3-4-8(10)5-7(2)6-9(11)12/h3-4,6,8,10H,5H2,1-2H3,(H,11,12)/b4-3+,7-6+. The molecule has 2 N–H and O–H groups in total. The van der Waals surface area contributed by atoms with Gasteiger partial charge in [-0.15, -0.1) is 0 Å². The van der Waals surface area contributed by atoms with Crippen LogP contribution in [0.15, 0.2) is 23.8 Å². The van der Waals surface area contributed by atoms with Crippen molar-refractivity contribution in [2.24, 2.45) is 0 Å². The van der Waals surface area contributed by atoms with Gasteiger partial charge < -0.3 is 10.2 Å². The van der Waals surface area contributed by atoms with Gasteiger partial charge in [0.05, 0.1) is 6.10 Å². The van der Waals surface area contributed by atoms with Crippen molar-refractivity contribution in [3.63, 3.8) is 0 Å². The van der Waals surface area contributed by atoms with Crippen LogP contribution in [0.25, 0.3) is 0 Å². The van der Waals surface area contributed by atoms with Crippen LogP contribution >= 0.6 is 0 Å². The highest BCUT2D eigenvalue weighted by atomic mass is 16.4. The van der Waals surface area contributed by atoms with E-state index in [1.807, 2.05) is 0 Å². The second-order valence-electron chi connectivity index (χ2n) is 2.63. The van der Waals surface area contributed by atoms with Gasteiger partial charge in [-0.05, 0) is 20.3 Å². The van der Waals surface area contributed by atoms with Crippen molar-refractivity contribution in [1.82, 2.24) is 0 Å². The Bertz CT molecular complexity index is 204. The minimum atomic E-state index is -0.972. The highest BCUT2D eigenvalue weighted by Crippen LogP contribution is 2.05. The zero-order valence-electron chi connectivity index (χ0n) is 7.32. The molecule has 0 aliphatic carbocycles. The highest BCUT2D eigenvalue weighted by molar-refractivity contribution is 5.80. The summed E-state index contributed by atoms with van der Waals surface area (Å²) < 4.78 is 0. The third kappa shape index (κ3) is 5.68. The van der Waals surface area contributed by atoms with Crippen LogP contribution in [0.4, 0.5) is 0 Å². The molecular formula is C9H14O3. The summed E-state index contributed by atoms with van der Waals surface area (Å²) in [5.74, 6) is -0.972. The summed E-state index contributed by atoms with van der Waals surface area (Å²) >= 11 is 0. The molecule has 0 rings (SSSR count). The van der Waals surface area contributed by atoms with Crippen molar-refractivity contribution in [2.75, 3.05) is 0 Å². The molecule has 0 fully saturated rings. The van der Waals surface area contributed by atoms with Gasteiger partial charge in [-0.2, -0.15) is 0 Å². The number of rotatable bonds is 4. The molecule has 0 aromatic carbocycles. The summed E-state index contributed by atoms with van der Waals surface area (Å²) in [6.07, 6.45) is 4.26. The van der Waals surface area contributed by atoms with E-state index in [1.165, 1.54) is 0 Å². The maximum Gasteiger partial charge on any atom is 0.328 e. The topological polar surface area (TPSA) is 57.5 Å². The largest absolute Gasteiger partial charge is 0.478 e. The van der Waals surface area contributed by atoms with E-state index in [1.54, 1.807) is 26.0 Å². The normalized spacial score (nSPS) is 15.1. The lowest BCUT2D eigenvalue weighted by Crippen LogP contribution is -2.03. The monoisotopic (exact) mass is 170 g/mol. The lowest BCUT2D eigenvalue weighted by Gasteiger charge is -2.03. The molecule has 0 aliphatic rings. The van der Waals surface area contributed by atoms with Crippen LogP contribution in [0.1, 0.15) is 20.3 Å². The molecule has 3 heteroatoms. The molecule has 12 heavy (non-hydrogen) atoms. The number of aliphatic hydroxyl groups excluding tert-OH is 1. The zero-order chi connectivity index (χ0) is 9.56. The third-order valence-electron chi connectivity index (χ3n) is 1.32. The minimum Gasteiger partial charge on any atom is -0.478 e. The Morgan fingerprint density at radius 1 is 1.58 bits per heavy atom. The lowest BCUT2D eigenvalue weighted by atomic mass is 10.1. The smallest absolute Gasteiger partial charge is 0.328 e. The van der Waals surface area contributed by atoms with Crippen LogP contribution in [0.3, 0.4) is 0 Å². The van der Waals surface area contributed by atoms with Crippen LogP contribution in [0, 0.1) is 0 Å². The van der Waals surface area contributed by atoms with Gasteiger partial charge in [-0.25, -0.2) is 4.79 Å². The van der Waals surface area contributed by atoms with Crippen molar-refractivity contribution >= 4 is 5.97 Å². The van der Waals surface area contributed by atoms with Crippen molar-refractivity contribution in [3.8, 4) is 0 Å². The zero-order valence-corrected chi connectivity index (χ0v) is 7.32. The molecule has 3 nitrogen and oxygen atoms in total. The number of hydrogen-bond donors (Lipinski definition) is 2. The molecule has 0 saturated carbocycles. The van der Waals surface area contributed by atoms with Gasteiger partial charge in [0, 0.05) is 6.08 Å². The maximum atomic E-state index is 10.2. The molecule has 1 unspecified atom stereocenters. The summed E-state index contributed by atoms with van der Waals surface area (Å²) in [6.45, 7) is 3.49. The molecule has 68 valence electrons. The number of hydrogen-bond acceptors (Lipinski definition) is 2. The number of aliphatic carboxylic acids is 1. The van der Waals surface area contributed by atoms with Gasteiger partial charge in [0.25, 0.3) is 0 Å². The number of carboxylic acid groups (broad SMARTS) is 1. The SMILES string of the molecule is C/C=C/C(O)C/C(C)=C/C(=O)O. The molecule has 0 saturated heterocycles. The predicted octanol–water partition coefficient (Wildman–Crippen LogP) is 1.34. The van der Waals surface area contributed by atoms with E-state index in [0.717, 1.165) is 6.08 Å². The van der Waals surface area contributed by atoms with Crippen molar-refractivity contribution in [1.29, 1.82) is 0 Å². The molecular weight excluding hydrogens is 156 g/mol. The van der Waals surface area contributed by atoms with Crippen molar-refractivity contribution < 1.29 is 15.0 Å². The molecule has 0 spiro atoms. The summed E-state index contributed by atoms with van der Waals surface area (Å²) in [6, 6.07) is 0. The first kappa shape index (κ1) is 10.9. The Kier molecular flexibility index (Phi) is 5.04. The molecule has 0 bridgehead atoms. The average molecular weight is 170 g/mol. The maximum absolute atomic E-state index is 10.2. The molecule has 0 aromatic heterocycles. The van der Waals surface area contributed by atoms with Crippen molar-refractivity contribution in [3.05, 3.63) is 23.8 Å². The molecule has 0 heterocycles. The van der Waals surface area contributed by atoms with Gasteiger partial charge in [0.2, 0.25) is 0 Å². The fourth-order valence-electron chi connectivity index (χ4n) is 0.890. The summed E-state index contributed by atoms with van der Waals surface area (Å²) in [4.78, 5) is 10.2. The van der Waals surface area contributed by atoms with Crippen LogP contribution < -0.4 is 0 Å². The summed E-state index contributed by atoms with van der Waals surface area (Å²) in [5.41, 5.74) is 0.660. The fourth-order valence-corrected chi connectivity index (χ4v) is 0.890. The van der Waals surface area contributed by atoms with E-state index >= 15 is 0 Å². The van der Waals surface area contributed by atoms with Crippen LogP contribution in [0.5, 0.6) is 0 Å². The van der Waals surface area contributed by atoms with Gasteiger partial charge in [-0.3, -0.25) is 0 Å². The molecule has 0 amide bonds. The van der Waals surface area contributed by atoms with E-state index in [9.17, 15) is 9.90 Å². The van der Waals surface area contributed by atoms with Gasteiger partial charge in [-0.1, -0.05) is 17.7 Å². The Labute approximate surface area is 72.0 Å². The quantitative estimate of drug-likeness (QED) is 0.494. The highest BCUT2D eigenvalue weighted by Gasteiger charge is 2.00. The molecule has 0 aromatic rings. The van der Waals surface area contributed by atoms with Gasteiger partial charge in [0.1, 0.15) is 0 Å². The Morgan fingerprint density at radius 2 is 2.17 bits per heavy atom. The average Bonchev–Trinajstić information content (AvgIpc) is 1.84. The summed E-state index contributed by atoms with van der Waals surface area (Å²) in [7, 11) is 0. The lowest BCUT2D eigenvalue weighted by molar-refractivity contribution is -0.131.